The summed E-state index contributed by atoms with van der Waals surface area (Å²) in [6.45, 7) is 1.29. The van der Waals surface area contributed by atoms with E-state index >= 15 is 0 Å². The van der Waals surface area contributed by atoms with Crippen LogP contribution in [0.4, 0.5) is 14.5 Å². The number of H-pyrrole nitrogens is 1. The second-order valence-electron chi connectivity index (χ2n) is 6.10. The number of amides is 1. The van der Waals surface area contributed by atoms with Crippen molar-refractivity contribution >= 4 is 22.6 Å². The number of aromatic amines is 1. The van der Waals surface area contributed by atoms with Gasteiger partial charge in [-0.3, -0.25) is 9.69 Å². The minimum absolute atomic E-state index is 0.150. The van der Waals surface area contributed by atoms with Crippen molar-refractivity contribution in [3.05, 3.63) is 53.9 Å². The van der Waals surface area contributed by atoms with Crippen molar-refractivity contribution in [3.63, 3.8) is 0 Å². The molecule has 1 atom stereocenters. The summed E-state index contributed by atoms with van der Waals surface area (Å²) in [5.74, 6) is -1.67. The van der Waals surface area contributed by atoms with Gasteiger partial charge in [-0.15, -0.1) is 0 Å². The van der Waals surface area contributed by atoms with Crippen LogP contribution in [0.5, 0.6) is 5.75 Å². The van der Waals surface area contributed by atoms with Crippen LogP contribution in [0.2, 0.25) is 0 Å². The molecule has 3 heterocycles. The number of benzene rings is 1. The molecule has 3 aromatic rings. The quantitative estimate of drug-likeness (QED) is 0.753. The van der Waals surface area contributed by atoms with Crippen LogP contribution in [0, 0.1) is 0 Å². The molecule has 0 fully saturated rings. The molecule has 0 unspecified atom stereocenters. The zero-order valence-corrected chi connectivity index (χ0v) is 13.7. The third-order valence-electron chi connectivity index (χ3n) is 4.28. The summed E-state index contributed by atoms with van der Waals surface area (Å²) in [6.07, 6.45) is -3.32. The first-order valence-electron chi connectivity index (χ1n) is 7.99. The molecule has 0 saturated heterocycles. The molecule has 0 bridgehead atoms. The van der Waals surface area contributed by atoms with E-state index in [9.17, 15) is 18.7 Å². The van der Waals surface area contributed by atoms with Crippen molar-refractivity contribution in [2.45, 2.75) is 25.7 Å². The number of fused-ring (bicyclic) bond motifs is 2. The maximum absolute atomic E-state index is 14.2. The lowest BCUT2D eigenvalue weighted by atomic mass is 10.1. The lowest BCUT2D eigenvalue weighted by Gasteiger charge is -2.34. The number of pyridine rings is 1. The minimum Gasteiger partial charge on any atom is -0.423 e. The van der Waals surface area contributed by atoms with Gasteiger partial charge < -0.3 is 14.8 Å². The summed E-state index contributed by atoms with van der Waals surface area (Å²) in [4.78, 5) is 20.5. The maximum Gasteiger partial charge on any atom is 0.483 e. The van der Waals surface area contributed by atoms with Gasteiger partial charge >= 0.3 is 12.0 Å². The van der Waals surface area contributed by atoms with Crippen LogP contribution in [0.1, 0.15) is 24.3 Å². The van der Waals surface area contributed by atoms with Crippen LogP contribution in [0.3, 0.4) is 0 Å². The maximum atomic E-state index is 14.2. The lowest BCUT2D eigenvalue weighted by Crippen LogP contribution is -2.50. The Morgan fingerprint density at radius 3 is 2.88 bits per heavy atom. The second-order valence-corrected chi connectivity index (χ2v) is 6.10. The summed E-state index contributed by atoms with van der Waals surface area (Å²) < 4.78 is 32.9. The van der Waals surface area contributed by atoms with E-state index < -0.39 is 18.1 Å². The molecule has 0 radical (unpaired) electrons. The highest BCUT2D eigenvalue weighted by molar-refractivity contribution is 6.01. The highest BCUT2D eigenvalue weighted by Gasteiger charge is 2.51. The summed E-state index contributed by atoms with van der Waals surface area (Å²) >= 11 is 0. The molecule has 1 aromatic carbocycles. The van der Waals surface area contributed by atoms with Crippen LogP contribution >= 0.6 is 0 Å². The van der Waals surface area contributed by atoms with E-state index in [-0.39, 0.29) is 23.5 Å². The molecule has 2 N–H and O–H groups in total. The Hall–Kier alpha value is -3.00. The van der Waals surface area contributed by atoms with Crippen LogP contribution in [-0.2, 0) is 11.3 Å². The fourth-order valence-corrected chi connectivity index (χ4v) is 3.01. The number of carbonyl (C=O) groups excluding carboxylic acids is 1. The third kappa shape index (κ3) is 2.59. The molecule has 1 aliphatic rings. The molecule has 6 nitrogen and oxygen atoms in total. The number of para-hydroxylation sites is 1. The monoisotopic (exact) mass is 359 g/mol. The molecule has 134 valence electrons. The molecule has 0 spiro atoms. The number of rotatable bonds is 3. The Morgan fingerprint density at radius 2 is 2.12 bits per heavy atom. The van der Waals surface area contributed by atoms with Gasteiger partial charge in [0, 0.05) is 17.1 Å². The topological polar surface area (TPSA) is 78.5 Å². The Labute approximate surface area is 147 Å². The van der Waals surface area contributed by atoms with E-state index in [2.05, 4.69) is 14.7 Å². The molecule has 1 amide bonds. The first-order valence-corrected chi connectivity index (χ1v) is 7.99. The van der Waals surface area contributed by atoms with Crippen molar-refractivity contribution in [1.29, 1.82) is 0 Å². The number of nitrogens with one attached hydrogen (secondary N) is 1. The van der Waals surface area contributed by atoms with E-state index in [1.165, 1.54) is 19.1 Å². The van der Waals surface area contributed by atoms with Crippen LogP contribution < -0.4 is 9.64 Å². The molecule has 4 rings (SSSR count). The van der Waals surface area contributed by atoms with E-state index in [0.717, 1.165) is 10.3 Å². The number of anilines is 1. The number of aliphatic hydroxyl groups excluding tert-OH is 1. The van der Waals surface area contributed by atoms with Crippen LogP contribution in [0.25, 0.3) is 11.0 Å². The van der Waals surface area contributed by atoms with Crippen molar-refractivity contribution < 1.29 is 23.4 Å². The zero-order valence-electron chi connectivity index (χ0n) is 13.7. The Balaban J connectivity index is 1.79. The highest BCUT2D eigenvalue weighted by atomic mass is 19.3. The fourth-order valence-electron chi connectivity index (χ4n) is 3.01. The number of aliphatic hydroxyl groups is 1. The lowest BCUT2D eigenvalue weighted by molar-refractivity contribution is -0.193. The molecular weight excluding hydrogens is 344 g/mol. The van der Waals surface area contributed by atoms with Crippen molar-refractivity contribution in [2.24, 2.45) is 0 Å². The summed E-state index contributed by atoms with van der Waals surface area (Å²) in [5, 5.41) is 10.7. The minimum atomic E-state index is -4.02. The fraction of sp³-hybridized carbons (Fsp3) is 0.222. The van der Waals surface area contributed by atoms with E-state index in [1.807, 2.05) is 6.07 Å². The number of nitrogens with zero attached hydrogens (tertiary/aromatic N) is 2. The van der Waals surface area contributed by atoms with Crippen LogP contribution in [0.15, 0.2) is 42.6 Å². The number of halogens is 2. The number of alkyl halides is 2. The van der Waals surface area contributed by atoms with Gasteiger partial charge in [0.05, 0.1) is 24.0 Å². The number of aromatic nitrogens is 2. The summed E-state index contributed by atoms with van der Waals surface area (Å²) in [5.41, 5.74) is 1.41. The van der Waals surface area contributed by atoms with Gasteiger partial charge in [0.15, 0.2) is 5.75 Å². The van der Waals surface area contributed by atoms with Gasteiger partial charge in [0.1, 0.15) is 5.65 Å². The largest absolute Gasteiger partial charge is 0.483 e. The number of carbonyl (C=O) groups is 1. The molecule has 26 heavy (non-hydrogen) atoms. The van der Waals surface area contributed by atoms with Gasteiger partial charge in [-0.25, -0.2) is 4.98 Å². The van der Waals surface area contributed by atoms with Gasteiger partial charge in [0.2, 0.25) is 0 Å². The normalized spacial score (nSPS) is 17.1. The van der Waals surface area contributed by atoms with E-state index in [4.69, 9.17) is 0 Å². The summed E-state index contributed by atoms with van der Waals surface area (Å²) in [6, 6.07) is 9.87. The smallest absolute Gasteiger partial charge is 0.423 e. The van der Waals surface area contributed by atoms with Gasteiger partial charge in [-0.1, -0.05) is 12.1 Å². The predicted octanol–water partition coefficient (Wildman–Crippen LogP) is 3.13. The Kier molecular flexibility index (Phi) is 3.66. The second kappa shape index (κ2) is 5.77. The van der Waals surface area contributed by atoms with Crippen molar-refractivity contribution in [3.8, 4) is 5.75 Å². The Morgan fingerprint density at radius 1 is 1.31 bits per heavy atom. The number of hydrogen-bond donors (Lipinski definition) is 2. The standard InChI is InChI=1S/C18H15F2N3O3/c1-10(24)13-3-2-4-14-15(13)26-18(19,20)17(25)23(14)9-12-6-5-11-7-8-21-16(11)22-12/h2-8,10,24H,9H2,1H3,(H,21,22)/t10-/m0/s1. The zero-order chi connectivity index (χ0) is 18.5. The van der Waals surface area contributed by atoms with Gasteiger partial charge in [0.25, 0.3) is 0 Å². The van der Waals surface area contributed by atoms with Gasteiger partial charge in [-0.2, -0.15) is 8.78 Å². The Bertz CT molecular complexity index is 1000. The van der Waals surface area contributed by atoms with Crippen molar-refractivity contribution in [1.82, 2.24) is 9.97 Å². The van der Waals surface area contributed by atoms with Gasteiger partial charge in [-0.05, 0) is 31.2 Å². The predicted molar refractivity (Wildman–Crippen MR) is 89.9 cm³/mol. The SMILES string of the molecule is C[C@H](O)c1cccc2c1OC(F)(F)C(=O)N2Cc1ccc2cc[nH]c2n1. The summed E-state index contributed by atoms with van der Waals surface area (Å²) in [7, 11) is 0. The average Bonchev–Trinajstić information content (AvgIpc) is 3.05. The molecule has 2 aromatic heterocycles. The number of ether oxygens (including phenoxy) is 1. The molecule has 8 heteroatoms. The third-order valence-corrected chi connectivity index (χ3v) is 4.28. The molecule has 0 aliphatic carbocycles. The molecular formula is C18H15F2N3O3. The van der Waals surface area contributed by atoms with Crippen LogP contribution in [-0.4, -0.2) is 27.1 Å². The highest BCUT2D eigenvalue weighted by Crippen LogP contribution is 2.44. The number of hydrogen-bond acceptors (Lipinski definition) is 4. The molecule has 1 aliphatic heterocycles. The molecule has 0 saturated carbocycles. The average molecular weight is 359 g/mol. The first kappa shape index (κ1) is 16.5. The first-order chi connectivity index (χ1) is 12.4. The van der Waals surface area contributed by atoms with E-state index in [1.54, 1.807) is 24.4 Å². The van der Waals surface area contributed by atoms with Crippen molar-refractivity contribution in [2.75, 3.05) is 4.90 Å². The van der Waals surface area contributed by atoms with E-state index in [0.29, 0.717) is 11.3 Å².